The molecule has 0 bridgehead atoms. The zero-order valence-electron chi connectivity index (χ0n) is 20.1. The second kappa shape index (κ2) is 11.1. The van der Waals surface area contributed by atoms with Gasteiger partial charge in [-0.3, -0.25) is 4.79 Å². The zero-order valence-corrected chi connectivity index (χ0v) is 21.1. The summed E-state index contributed by atoms with van der Waals surface area (Å²) in [7, 11) is -2.04. The molecule has 4 aromatic carbocycles. The molecule has 0 aliphatic heterocycles. The minimum absolute atomic E-state index is 0.0437. The van der Waals surface area contributed by atoms with E-state index in [0.29, 0.717) is 6.42 Å². The van der Waals surface area contributed by atoms with Crippen LogP contribution < -0.4 is 15.7 Å². The zero-order chi connectivity index (χ0) is 23.8. The van der Waals surface area contributed by atoms with E-state index in [4.69, 9.17) is 0 Å². The second-order valence-corrected chi connectivity index (χ2v) is 13.6. The molecule has 0 aliphatic carbocycles. The van der Waals surface area contributed by atoms with E-state index in [2.05, 4.69) is 116 Å². The van der Waals surface area contributed by atoms with Crippen molar-refractivity contribution >= 4 is 24.4 Å². The van der Waals surface area contributed by atoms with Crippen LogP contribution in [0.15, 0.2) is 115 Å². The molecule has 1 amide bonds. The summed E-state index contributed by atoms with van der Waals surface area (Å²) < 4.78 is 0. The van der Waals surface area contributed by atoms with E-state index in [-0.39, 0.29) is 11.9 Å². The van der Waals surface area contributed by atoms with Crippen LogP contribution in [0.1, 0.15) is 29.2 Å². The van der Waals surface area contributed by atoms with Crippen molar-refractivity contribution in [3.8, 4) is 0 Å². The Bertz CT molecular complexity index is 1140. The van der Waals surface area contributed by atoms with Crippen molar-refractivity contribution in [2.45, 2.75) is 38.4 Å². The number of amides is 1. The Morgan fingerprint density at radius 2 is 1.24 bits per heavy atom. The molecule has 172 valence electrons. The molecule has 3 heteroatoms. The number of benzene rings is 4. The van der Waals surface area contributed by atoms with Gasteiger partial charge in [0.15, 0.2) is 0 Å². The minimum Gasteiger partial charge on any atom is -0.349 e. The van der Waals surface area contributed by atoms with E-state index in [0.717, 1.165) is 18.0 Å². The molecule has 2 nitrogen and oxygen atoms in total. The summed E-state index contributed by atoms with van der Waals surface area (Å²) in [6, 6.07) is 41.2. The maximum atomic E-state index is 13.3. The Kier molecular flexibility index (Phi) is 7.76. The van der Waals surface area contributed by atoms with E-state index in [9.17, 15) is 4.79 Å². The van der Waals surface area contributed by atoms with Gasteiger partial charge in [0, 0.05) is 6.42 Å². The molecule has 0 radical (unpaired) electrons. The molecule has 1 unspecified atom stereocenters. The van der Waals surface area contributed by atoms with Gasteiger partial charge in [-0.2, -0.15) is 0 Å². The van der Waals surface area contributed by atoms with E-state index in [1.54, 1.807) is 0 Å². The average molecular weight is 464 g/mol. The summed E-state index contributed by atoms with van der Waals surface area (Å²) in [6.07, 6.45) is 1.30. The van der Waals surface area contributed by atoms with E-state index >= 15 is 0 Å². The van der Waals surface area contributed by atoms with Crippen molar-refractivity contribution in [1.82, 2.24) is 5.32 Å². The van der Waals surface area contributed by atoms with Crippen LogP contribution in [0.2, 0.25) is 12.6 Å². The molecule has 0 saturated heterocycles. The maximum absolute atomic E-state index is 13.3. The number of rotatable bonds is 9. The Hall–Kier alpha value is -3.43. The third kappa shape index (κ3) is 5.92. The van der Waals surface area contributed by atoms with Gasteiger partial charge >= 0.3 is 0 Å². The first-order valence-corrected chi connectivity index (χ1v) is 14.8. The van der Waals surface area contributed by atoms with Gasteiger partial charge in [-0.05, 0) is 30.5 Å². The van der Waals surface area contributed by atoms with Gasteiger partial charge in [0.05, 0.1) is 6.04 Å². The quantitative estimate of drug-likeness (QED) is 0.318. The molecule has 4 rings (SSSR count). The normalized spacial score (nSPS) is 12.2. The van der Waals surface area contributed by atoms with Crippen LogP contribution in [0.3, 0.4) is 0 Å². The SMILES string of the molecule is Cc1ccc(CC(NC(=O)CC[Si](C)(c2ccccc2)c2ccccc2)c2ccccc2)cc1. The highest BCUT2D eigenvalue weighted by atomic mass is 28.3. The van der Waals surface area contributed by atoms with Crippen LogP contribution in [0.5, 0.6) is 0 Å². The molecule has 34 heavy (non-hydrogen) atoms. The summed E-state index contributed by atoms with van der Waals surface area (Å²) in [4.78, 5) is 13.3. The summed E-state index contributed by atoms with van der Waals surface area (Å²) in [5, 5.41) is 6.09. The average Bonchev–Trinajstić information content (AvgIpc) is 2.89. The van der Waals surface area contributed by atoms with Gasteiger partial charge in [0.25, 0.3) is 0 Å². The van der Waals surface area contributed by atoms with E-state index in [1.807, 2.05) is 18.2 Å². The molecule has 0 heterocycles. The fraction of sp³-hybridized carbons (Fsp3) is 0.194. The summed E-state index contributed by atoms with van der Waals surface area (Å²) in [5.41, 5.74) is 3.62. The highest BCUT2D eigenvalue weighted by molar-refractivity contribution is 7.01. The fourth-order valence-electron chi connectivity index (χ4n) is 4.59. The smallest absolute Gasteiger partial charge is 0.220 e. The predicted octanol–water partition coefficient (Wildman–Crippen LogP) is 5.68. The van der Waals surface area contributed by atoms with Crippen LogP contribution in [-0.2, 0) is 11.2 Å². The molecule has 0 aliphatic rings. The molecular weight excluding hydrogens is 430 g/mol. The van der Waals surface area contributed by atoms with Crippen molar-refractivity contribution in [3.05, 3.63) is 132 Å². The molecular formula is C31H33NOSi. The highest BCUT2D eigenvalue weighted by Gasteiger charge is 2.32. The summed E-state index contributed by atoms with van der Waals surface area (Å²) in [6.45, 7) is 4.48. The molecule has 0 spiro atoms. The minimum atomic E-state index is -2.04. The lowest BCUT2D eigenvalue weighted by Gasteiger charge is -2.29. The van der Waals surface area contributed by atoms with Crippen molar-refractivity contribution in [3.63, 3.8) is 0 Å². The number of carbonyl (C=O) groups excluding carboxylic acids is 1. The van der Waals surface area contributed by atoms with E-state index < -0.39 is 8.07 Å². The van der Waals surface area contributed by atoms with Gasteiger partial charge in [0.2, 0.25) is 5.91 Å². The number of carbonyl (C=O) groups is 1. The number of aryl methyl sites for hydroxylation is 1. The standard InChI is InChI=1S/C31H33NOSi/c1-25-18-20-26(21-19-25)24-30(27-12-6-3-7-13-27)32-31(33)22-23-34(2,28-14-8-4-9-15-28)29-16-10-5-11-17-29/h3-21,30H,22-24H2,1-2H3,(H,32,33). The fourth-order valence-corrected chi connectivity index (χ4v) is 8.09. The Morgan fingerprint density at radius 3 is 1.76 bits per heavy atom. The van der Waals surface area contributed by atoms with E-state index in [1.165, 1.54) is 21.5 Å². The van der Waals surface area contributed by atoms with Gasteiger partial charge in [-0.25, -0.2) is 0 Å². The number of hydrogen-bond donors (Lipinski definition) is 1. The number of hydrogen-bond acceptors (Lipinski definition) is 1. The van der Waals surface area contributed by atoms with Crippen molar-refractivity contribution in [1.29, 1.82) is 0 Å². The second-order valence-electron chi connectivity index (χ2n) is 9.28. The van der Waals surface area contributed by atoms with Gasteiger partial charge in [-0.15, -0.1) is 0 Å². The summed E-state index contributed by atoms with van der Waals surface area (Å²) >= 11 is 0. The highest BCUT2D eigenvalue weighted by Crippen LogP contribution is 2.20. The lowest BCUT2D eigenvalue weighted by Crippen LogP contribution is -2.55. The molecule has 4 aromatic rings. The lowest BCUT2D eigenvalue weighted by atomic mass is 9.98. The van der Waals surface area contributed by atoms with Gasteiger partial charge in [0.1, 0.15) is 8.07 Å². The first kappa shape index (κ1) is 23.7. The summed E-state index contributed by atoms with van der Waals surface area (Å²) in [5.74, 6) is 0.117. The van der Waals surface area contributed by atoms with Crippen LogP contribution in [0.25, 0.3) is 0 Å². The largest absolute Gasteiger partial charge is 0.349 e. The molecule has 0 saturated carbocycles. The van der Waals surface area contributed by atoms with Crippen LogP contribution in [-0.4, -0.2) is 14.0 Å². The first-order valence-electron chi connectivity index (χ1n) is 12.1. The van der Waals surface area contributed by atoms with Crippen LogP contribution >= 0.6 is 0 Å². The Balaban J connectivity index is 1.51. The van der Waals surface area contributed by atoms with Crippen LogP contribution in [0.4, 0.5) is 0 Å². The Labute approximate surface area is 204 Å². The topological polar surface area (TPSA) is 29.1 Å². The first-order chi connectivity index (χ1) is 16.5. The van der Waals surface area contributed by atoms with Crippen molar-refractivity contribution < 1.29 is 4.79 Å². The third-order valence-electron chi connectivity index (χ3n) is 6.77. The molecule has 0 aromatic heterocycles. The number of nitrogens with one attached hydrogen (secondary N) is 1. The van der Waals surface area contributed by atoms with Crippen LogP contribution in [0, 0.1) is 6.92 Å². The predicted molar refractivity (Wildman–Crippen MR) is 145 cm³/mol. The maximum Gasteiger partial charge on any atom is 0.220 e. The molecule has 0 fully saturated rings. The van der Waals surface area contributed by atoms with Crippen molar-refractivity contribution in [2.75, 3.05) is 0 Å². The molecule has 1 N–H and O–H groups in total. The lowest BCUT2D eigenvalue weighted by molar-refractivity contribution is -0.121. The van der Waals surface area contributed by atoms with Gasteiger partial charge < -0.3 is 5.32 Å². The monoisotopic (exact) mass is 463 g/mol. The molecule has 1 atom stereocenters. The third-order valence-corrected chi connectivity index (χ3v) is 11.2. The Morgan fingerprint density at radius 1 is 0.735 bits per heavy atom. The van der Waals surface area contributed by atoms with Crippen molar-refractivity contribution in [2.24, 2.45) is 0 Å². The van der Waals surface area contributed by atoms with Gasteiger partial charge in [-0.1, -0.05) is 138 Å².